The van der Waals surface area contributed by atoms with Crippen LogP contribution in [-0.4, -0.2) is 17.0 Å². The maximum atomic E-state index is 9.89. The molecule has 90 valence electrons. The summed E-state index contributed by atoms with van der Waals surface area (Å²) in [6, 6.07) is 12.4. The smallest absolute Gasteiger partial charge is 0.0637 e. The van der Waals surface area contributed by atoms with Gasteiger partial charge in [0.15, 0.2) is 0 Å². The first kappa shape index (κ1) is 12.7. The third-order valence-corrected chi connectivity index (χ3v) is 4.42. The van der Waals surface area contributed by atoms with Crippen LogP contribution < -0.4 is 0 Å². The minimum absolute atomic E-state index is 0.222. The lowest BCUT2D eigenvalue weighted by Gasteiger charge is -2.09. The maximum Gasteiger partial charge on any atom is 0.0637 e. The van der Waals surface area contributed by atoms with Crippen molar-refractivity contribution in [3.63, 3.8) is 0 Å². The van der Waals surface area contributed by atoms with Crippen molar-refractivity contribution >= 4 is 23.1 Å². The fourth-order valence-electron chi connectivity index (χ4n) is 1.56. The summed E-state index contributed by atoms with van der Waals surface area (Å²) < 4.78 is 0. The molecule has 0 spiro atoms. The lowest BCUT2D eigenvalue weighted by molar-refractivity contribution is 0.189. The van der Waals surface area contributed by atoms with Gasteiger partial charge in [0.05, 0.1) is 6.10 Å². The molecular weight excluding hydrogens is 248 g/mol. The molecule has 0 amide bonds. The zero-order chi connectivity index (χ0) is 11.9. The van der Waals surface area contributed by atoms with Gasteiger partial charge in [0.25, 0.3) is 0 Å². The summed E-state index contributed by atoms with van der Waals surface area (Å²) in [7, 11) is 0. The van der Waals surface area contributed by atoms with Crippen LogP contribution >= 0.6 is 23.1 Å². The first-order chi connectivity index (χ1) is 8.34. The molecule has 2 aromatic rings. The molecule has 0 aliphatic heterocycles. The number of aliphatic hydroxyl groups excluding tert-OH is 1. The molecule has 0 radical (unpaired) electrons. The fourth-order valence-corrected chi connectivity index (χ4v) is 3.16. The van der Waals surface area contributed by atoms with Gasteiger partial charge in [-0.25, -0.2) is 0 Å². The lowest BCUT2D eigenvalue weighted by Crippen LogP contribution is -2.10. The molecule has 0 bridgehead atoms. The van der Waals surface area contributed by atoms with E-state index in [0.29, 0.717) is 0 Å². The van der Waals surface area contributed by atoms with E-state index >= 15 is 0 Å². The molecule has 1 nitrogen and oxygen atoms in total. The molecular formula is C14H16OS2. The monoisotopic (exact) mass is 264 g/mol. The Bertz CT molecular complexity index is 411. The standard InChI is InChI=1S/C14H16OS2/c15-13(7-6-12-8-9-16-10-12)11-17-14-4-2-1-3-5-14/h1-5,8-10,13,15H,6-7,11H2. The average Bonchev–Trinajstić information content (AvgIpc) is 2.88. The van der Waals surface area contributed by atoms with Crippen molar-refractivity contribution in [1.82, 2.24) is 0 Å². The van der Waals surface area contributed by atoms with E-state index in [-0.39, 0.29) is 6.10 Å². The Morgan fingerprint density at radius 3 is 2.71 bits per heavy atom. The van der Waals surface area contributed by atoms with E-state index in [1.165, 1.54) is 10.5 Å². The summed E-state index contributed by atoms with van der Waals surface area (Å²) in [6.07, 6.45) is 1.59. The van der Waals surface area contributed by atoms with Crippen molar-refractivity contribution in [3.8, 4) is 0 Å². The summed E-state index contributed by atoms with van der Waals surface area (Å²) in [4.78, 5) is 1.22. The van der Waals surface area contributed by atoms with E-state index < -0.39 is 0 Å². The minimum Gasteiger partial charge on any atom is -0.392 e. The number of hydrogen-bond acceptors (Lipinski definition) is 3. The number of aliphatic hydroxyl groups is 1. The molecule has 0 saturated carbocycles. The molecule has 1 N–H and O–H groups in total. The van der Waals surface area contributed by atoms with Crippen molar-refractivity contribution in [2.75, 3.05) is 5.75 Å². The van der Waals surface area contributed by atoms with Crippen LogP contribution in [0.3, 0.4) is 0 Å². The molecule has 1 unspecified atom stereocenters. The summed E-state index contributed by atoms with van der Waals surface area (Å²) in [5.74, 6) is 0.772. The molecule has 1 atom stereocenters. The Balaban J connectivity index is 1.69. The zero-order valence-corrected chi connectivity index (χ0v) is 11.2. The lowest BCUT2D eigenvalue weighted by atomic mass is 10.1. The largest absolute Gasteiger partial charge is 0.392 e. The van der Waals surface area contributed by atoms with E-state index in [2.05, 4.69) is 29.0 Å². The van der Waals surface area contributed by atoms with Gasteiger partial charge in [-0.05, 0) is 47.4 Å². The summed E-state index contributed by atoms with van der Waals surface area (Å²) in [6.45, 7) is 0. The van der Waals surface area contributed by atoms with Crippen LogP contribution in [0.1, 0.15) is 12.0 Å². The average molecular weight is 264 g/mol. The number of benzene rings is 1. The highest BCUT2D eigenvalue weighted by Crippen LogP contribution is 2.19. The molecule has 1 aromatic carbocycles. The molecule has 0 fully saturated rings. The van der Waals surface area contributed by atoms with Gasteiger partial charge in [-0.3, -0.25) is 0 Å². The second-order valence-corrected chi connectivity index (χ2v) is 5.82. The third-order valence-electron chi connectivity index (χ3n) is 2.53. The van der Waals surface area contributed by atoms with Crippen LogP contribution in [0.25, 0.3) is 0 Å². The molecule has 2 rings (SSSR count). The molecule has 0 aliphatic rings. The molecule has 1 aromatic heterocycles. The van der Waals surface area contributed by atoms with Crippen LogP contribution in [0.4, 0.5) is 0 Å². The van der Waals surface area contributed by atoms with E-state index in [9.17, 15) is 5.11 Å². The minimum atomic E-state index is -0.222. The molecule has 17 heavy (non-hydrogen) atoms. The summed E-state index contributed by atoms with van der Waals surface area (Å²) >= 11 is 3.43. The number of aryl methyl sites for hydroxylation is 1. The van der Waals surface area contributed by atoms with Gasteiger partial charge >= 0.3 is 0 Å². The van der Waals surface area contributed by atoms with Crippen LogP contribution in [0.2, 0.25) is 0 Å². The van der Waals surface area contributed by atoms with Crippen LogP contribution in [0, 0.1) is 0 Å². The van der Waals surface area contributed by atoms with E-state index in [0.717, 1.165) is 18.6 Å². The van der Waals surface area contributed by atoms with Crippen molar-refractivity contribution in [1.29, 1.82) is 0 Å². The number of hydrogen-bond donors (Lipinski definition) is 1. The van der Waals surface area contributed by atoms with Crippen molar-refractivity contribution in [3.05, 3.63) is 52.7 Å². The van der Waals surface area contributed by atoms with Crippen LogP contribution in [0.15, 0.2) is 52.1 Å². The van der Waals surface area contributed by atoms with Gasteiger partial charge in [0.1, 0.15) is 0 Å². The van der Waals surface area contributed by atoms with E-state index in [1.807, 2.05) is 18.2 Å². The Morgan fingerprint density at radius 1 is 1.18 bits per heavy atom. The van der Waals surface area contributed by atoms with E-state index in [4.69, 9.17) is 0 Å². The van der Waals surface area contributed by atoms with Gasteiger partial charge in [-0.15, -0.1) is 11.8 Å². The van der Waals surface area contributed by atoms with Gasteiger partial charge in [-0.1, -0.05) is 18.2 Å². The Labute approximate surface area is 111 Å². The van der Waals surface area contributed by atoms with Gasteiger partial charge in [0.2, 0.25) is 0 Å². The predicted molar refractivity (Wildman–Crippen MR) is 75.8 cm³/mol. The van der Waals surface area contributed by atoms with Gasteiger partial charge in [0, 0.05) is 10.6 Å². The second kappa shape index (κ2) is 6.84. The number of thioether (sulfide) groups is 1. The summed E-state index contributed by atoms with van der Waals surface area (Å²) in [5.41, 5.74) is 1.33. The normalized spacial score (nSPS) is 12.5. The van der Waals surface area contributed by atoms with Crippen molar-refractivity contribution in [2.24, 2.45) is 0 Å². The quantitative estimate of drug-likeness (QED) is 0.800. The fraction of sp³-hybridized carbons (Fsp3) is 0.286. The second-order valence-electron chi connectivity index (χ2n) is 3.95. The van der Waals surface area contributed by atoms with Crippen molar-refractivity contribution in [2.45, 2.75) is 23.8 Å². The van der Waals surface area contributed by atoms with Crippen molar-refractivity contribution < 1.29 is 5.11 Å². The number of thiophene rings is 1. The Kier molecular flexibility index (Phi) is 5.10. The van der Waals surface area contributed by atoms with Crippen LogP contribution in [-0.2, 0) is 6.42 Å². The Hall–Kier alpha value is -0.770. The highest BCUT2D eigenvalue weighted by molar-refractivity contribution is 7.99. The van der Waals surface area contributed by atoms with Gasteiger partial charge < -0.3 is 5.11 Å². The summed E-state index contributed by atoms with van der Waals surface area (Å²) in [5, 5.41) is 14.1. The number of rotatable bonds is 6. The van der Waals surface area contributed by atoms with E-state index in [1.54, 1.807) is 23.1 Å². The van der Waals surface area contributed by atoms with Crippen LogP contribution in [0.5, 0.6) is 0 Å². The topological polar surface area (TPSA) is 20.2 Å². The third kappa shape index (κ3) is 4.54. The first-order valence-electron chi connectivity index (χ1n) is 5.71. The predicted octanol–water partition coefficient (Wildman–Crippen LogP) is 3.83. The molecule has 1 heterocycles. The highest BCUT2D eigenvalue weighted by Gasteiger charge is 2.05. The highest BCUT2D eigenvalue weighted by atomic mass is 32.2. The zero-order valence-electron chi connectivity index (χ0n) is 9.58. The SMILES string of the molecule is OC(CCc1ccsc1)CSc1ccccc1. The Morgan fingerprint density at radius 2 is 2.00 bits per heavy atom. The first-order valence-corrected chi connectivity index (χ1v) is 7.64. The molecule has 0 saturated heterocycles. The molecule has 3 heteroatoms. The van der Waals surface area contributed by atoms with Gasteiger partial charge in [-0.2, -0.15) is 11.3 Å². The molecule has 0 aliphatic carbocycles. The maximum absolute atomic E-state index is 9.89.